The van der Waals surface area contributed by atoms with Gasteiger partial charge >= 0.3 is 5.97 Å². The maximum atomic E-state index is 12.7. The number of hydrogen-bond acceptors (Lipinski definition) is 5. The van der Waals surface area contributed by atoms with Crippen molar-refractivity contribution in [2.24, 2.45) is 10.7 Å². The predicted molar refractivity (Wildman–Crippen MR) is 74.8 cm³/mol. The van der Waals surface area contributed by atoms with Crippen LogP contribution in [0.15, 0.2) is 23.2 Å². The molecule has 1 unspecified atom stereocenters. The van der Waals surface area contributed by atoms with E-state index in [2.05, 4.69) is 4.99 Å². The van der Waals surface area contributed by atoms with Crippen molar-refractivity contribution < 1.29 is 28.2 Å². The first-order chi connectivity index (χ1) is 10.4. The summed E-state index contributed by atoms with van der Waals surface area (Å²) in [5.41, 5.74) is 3.46. The molecule has 0 aliphatic carbocycles. The van der Waals surface area contributed by atoms with E-state index in [1.54, 1.807) is 24.4 Å². The minimum Gasteiger partial charge on any atom is -0.480 e. The first-order valence-corrected chi connectivity index (χ1v) is 6.63. The second-order valence-corrected chi connectivity index (χ2v) is 4.90. The highest BCUT2D eigenvalue weighted by Crippen LogP contribution is 2.32. The van der Waals surface area contributed by atoms with Crippen LogP contribution in [0.2, 0.25) is 0 Å². The fraction of sp³-hybridized carbons (Fsp3) is 0.429. The van der Waals surface area contributed by atoms with Crippen LogP contribution in [0.25, 0.3) is 0 Å². The molecule has 3 N–H and O–H groups in total. The van der Waals surface area contributed by atoms with E-state index >= 15 is 0 Å². The quantitative estimate of drug-likeness (QED) is 0.589. The summed E-state index contributed by atoms with van der Waals surface area (Å²) in [4.78, 5) is 14.9. The van der Waals surface area contributed by atoms with E-state index in [0.717, 1.165) is 5.56 Å². The molecule has 0 fully saturated rings. The number of fused-ring (bicyclic) bond motifs is 1. The van der Waals surface area contributed by atoms with Crippen LogP contribution in [0.4, 0.5) is 8.78 Å². The van der Waals surface area contributed by atoms with Crippen molar-refractivity contribution in [3.63, 3.8) is 0 Å². The summed E-state index contributed by atoms with van der Waals surface area (Å²) in [5.74, 6) is -0.431. The fourth-order valence-corrected chi connectivity index (χ4v) is 1.94. The van der Waals surface area contributed by atoms with Gasteiger partial charge < -0.3 is 20.3 Å². The van der Waals surface area contributed by atoms with E-state index in [-0.39, 0.29) is 26.2 Å². The third kappa shape index (κ3) is 3.51. The molecular formula is C14H16F2N2O4. The zero-order valence-corrected chi connectivity index (χ0v) is 11.7. The lowest BCUT2D eigenvalue weighted by molar-refractivity contribution is -0.150. The number of carboxylic acids is 1. The van der Waals surface area contributed by atoms with Crippen LogP contribution in [0.5, 0.6) is 11.5 Å². The normalized spacial score (nSPS) is 16.2. The molecule has 2 rings (SSSR count). The molecule has 1 aliphatic rings. The fourth-order valence-electron chi connectivity index (χ4n) is 1.94. The van der Waals surface area contributed by atoms with Crippen LogP contribution < -0.4 is 15.2 Å². The zero-order chi connectivity index (χ0) is 16.2. The number of carbonyl (C=O) groups is 1. The highest BCUT2D eigenvalue weighted by Gasteiger charge is 2.43. The lowest BCUT2D eigenvalue weighted by Gasteiger charge is -2.22. The molecule has 120 valence electrons. The van der Waals surface area contributed by atoms with Crippen LogP contribution in [0.3, 0.4) is 0 Å². The summed E-state index contributed by atoms with van der Waals surface area (Å²) in [7, 11) is 0. The molecule has 1 aliphatic heterocycles. The number of alkyl halides is 2. The molecule has 1 aromatic rings. The first kappa shape index (κ1) is 16.2. The smallest absolute Gasteiger partial charge is 0.329 e. The maximum absolute atomic E-state index is 12.7. The molecule has 0 radical (unpaired) electrons. The van der Waals surface area contributed by atoms with Crippen molar-refractivity contribution in [3.05, 3.63) is 23.8 Å². The molecule has 6 nitrogen and oxygen atoms in total. The number of aliphatic imine (C=N–C) groups is 1. The molecular weight excluding hydrogens is 298 g/mol. The molecule has 0 bridgehead atoms. The molecule has 0 amide bonds. The van der Waals surface area contributed by atoms with Gasteiger partial charge in [0.2, 0.25) is 6.79 Å². The summed E-state index contributed by atoms with van der Waals surface area (Å²) in [5, 5.41) is 8.76. The molecule has 22 heavy (non-hydrogen) atoms. The van der Waals surface area contributed by atoms with Gasteiger partial charge in [-0.3, -0.25) is 4.99 Å². The largest absolute Gasteiger partial charge is 0.480 e. The van der Waals surface area contributed by atoms with Crippen molar-refractivity contribution in [2.45, 2.75) is 24.8 Å². The molecule has 1 aromatic carbocycles. The minimum atomic E-state index is -3.12. The number of benzene rings is 1. The minimum absolute atomic E-state index is 0.147. The van der Waals surface area contributed by atoms with Crippen molar-refractivity contribution in [2.75, 3.05) is 13.3 Å². The lowest BCUT2D eigenvalue weighted by atomic mass is 9.95. The molecule has 0 spiro atoms. The van der Waals surface area contributed by atoms with Crippen LogP contribution in [-0.2, 0) is 4.79 Å². The van der Waals surface area contributed by atoms with Gasteiger partial charge in [0, 0.05) is 12.8 Å². The Balaban J connectivity index is 1.84. The van der Waals surface area contributed by atoms with Gasteiger partial charge in [-0.05, 0) is 36.6 Å². The molecule has 0 saturated carbocycles. The van der Waals surface area contributed by atoms with Gasteiger partial charge in [-0.15, -0.1) is 0 Å². The third-order valence-corrected chi connectivity index (χ3v) is 3.30. The highest BCUT2D eigenvalue weighted by atomic mass is 19.3. The number of rotatable bonds is 7. The van der Waals surface area contributed by atoms with Crippen molar-refractivity contribution in [1.29, 1.82) is 0 Å². The predicted octanol–water partition coefficient (Wildman–Crippen LogP) is 1.66. The van der Waals surface area contributed by atoms with Gasteiger partial charge in [0.15, 0.2) is 17.0 Å². The number of halogens is 2. The van der Waals surface area contributed by atoms with E-state index in [4.69, 9.17) is 20.3 Å². The Morgan fingerprint density at radius 2 is 2.18 bits per heavy atom. The number of aliphatic carboxylic acids is 1. The second-order valence-electron chi connectivity index (χ2n) is 4.90. The van der Waals surface area contributed by atoms with E-state index in [9.17, 15) is 13.6 Å². The SMILES string of the molecule is NC(CCC/N=C/c1ccc2c(c1)OCO2)(C(=O)O)C(F)F. The first-order valence-electron chi connectivity index (χ1n) is 6.63. The summed E-state index contributed by atoms with van der Waals surface area (Å²) in [6.07, 6.45) is -1.77. The van der Waals surface area contributed by atoms with Crippen LogP contribution in [-0.4, -0.2) is 42.6 Å². The monoisotopic (exact) mass is 314 g/mol. The average Bonchev–Trinajstić information content (AvgIpc) is 2.93. The van der Waals surface area contributed by atoms with Crippen molar-refractivity contribution in [3.8, 4) is 11.5 Å². The summed E-state index contributed by atoms with van der Waals surface area (Å²) >= 11 is 0. The third-order valence-electron chi connectivity index (χ3n) is 3.30. The average molecular weight is 314 g/mol. The second kappa shape index (κ2) is 6.69. The molecule has 1 heterocycles. The summed E-state index contributed by atoms with van der Waals surface area (Å²) in [6.45, 7) is 0.380. The van der Waals surface area contributed by atoms with E-state index in [1.807, 2.05) is 0 Å². The van der Waals surface area contributed by atoms with Crippen molar-refractivity contribution >= 4 is 12.2 Å². The number of nitrogens with two attached hydrogens (primary N) is 1. The molecule has 0 aromatic heterocycles. The Bertz CT molecular complexity index is 580. The topological polar surface area (TPSA) is 94.1 Å². The molecule has 8 heteroatoms. The van der Waals surface area contributed by atoms with E-state index in [0.29, 0.717) is 11.5 Å². The van der Waals surface area contributed by atoms with Gasteiger partial charge in [0.05, 0.1) is 0 Å². The standard InChI is InChI=1S/C14H16F2N2O4/c15-12(16)14(17,13(19)20)4-1-5-18-7-9-2-3-10-11(6-9)22-8-21-10/h2-3,6-7,12H,1,4-5,8,17H2,(H,19,20)/b18-7+. The Morgan fingerprint density at radius 1 is 1.45 bits per heavy atom. The van der Waals surface area contributed by atoms with E-state index in [1.165, 1.54) is 0 Å². The Hall–Kier alpha value is -2.22. The lowest BCUT2D eigenvalue weighted by Crippen LogP contribution is -2.54. The molecule has 0 saturated heterocycles. The summed E-state index contributed by atoms with van der Waals surface area (Å²) < 4.78 is 35.7. The molecule has 1 atom stereocenters. The van der Waals surface area contributed by atoms with Crippen LogP contribution in [0, 0.1) is 0 Å². The Labute approximate surface area is 125 Å². The van der Waals surface area contributed by atoms with Crippen molar-refractivity contribution in [1.82, 2.24) is 0 Å². The summed E-state index contributed by atoms with van der Waals surface area (Å²) in [6, 6.07) is 5.27. The van der Waals surface area contributed by atoms with Gasteiger partial charge in [-0.25, -0.2) is 13.6 Å². The number of ether oxygens (including phenoxy) is 2. The van der Waals surface area contributed by atoms with Gasteiger partial charge in [-0.1, -0.05) is 0 Å². The van der Waals surface area contributed by atoms with Crippen LogP contribution >= 0.6 is 0 Å². The van der Waals surface area contributed by atoms with Gasteiger partial charge in [0.25, 0.3) is 6.43 Å². The highest BCUT2D eigenvalue weighted by molar-refractivity contribution is 5.81. The maximum Gasteiger partial charge on any atom is 0.329 e. The zero-order valence-electron chi connectivity index (χ0n) is 11.7. The van der Waals surface area contributed by atoms with Crippen LogP contribution in [0.1, 0.15) is 18.4 Å². The van der Waals surface area contributed by atoms with E-state index < -0.39 is 17.9 Å². The van der Waals surface area contributed by atoms with Gasteiger partial charge in [-0.2, -0.15) is 0 Å². The Kier molecular flexibility index (Phi) is 4.92. The number of hydrogen-bond donors (Lipinski definition) is 2. The number of nitrogens with zero attached hydrogens (tertiary/aromatic N) is 1. The number of carboxylic acid groups (broad SMARTS) is 1. The van der Waals surface area contributed by atoms with Gasteiger partial charge in [0.1, 0.15) is 0 Å². The Morgan fingerprint density at radius 3 is 2.86 bits per heavy atom.